The summed E-state index contributed by atoms with van der Waals surface area (Å²) in [7, 11) is 0. The minimum atomic E-state index is -0.349. The Hall–Kier alpha value is -4.58. The standard InChI is InChI=1S/C30H30N4O2/c1-5-8-24(7-3)30(16-17-30)33-29(36)22-9-11-25(12-10-22)32-26-13-14-27(34(19-6-2)21(26)4)23-15-18-31-28(35)20-23/h5-15,18-20,32H,1,3-4,16-17H2,2H3,(H,31,35)(H,33,36)/b19-6-,24-8+. The molecular weight excluding hydrogens is 448 g/mol. The molecule has 1 saturated carbocycles. The zero-order valence-corrected chi connectivity index (χ0v) is 20.4. The van der Waals surface area contributed by atoms with Gasteiger partial charge in [-0.2, -0.15) is 0 Å². The molecule has 182 valence electrons. The van der Waals surface area contributed by atoms with E-state index in [0.717, 1.165) is 46.8 Å². The molecule has 4 rings (SSSR count). The average molecular weight is 479 g/mol. The molecule has 1 aliphatic heterocycles. The molecule has 0 bridgehead atoms. The van der Waals surface area contributed by atoms with E-state index in [4.69, 9.17) is 0 Å². The van der Waals surface area contributed by atoms with E-state index in [2.05, 4.69) is 35.4 Å². The molecule has 1 aliphatic carbocycles. The monoisotopic (exact) mass is 478 g/mol. The van der Waals surface area contributed by atoms with Crippen LogP contribution in [0.2, 0.25) is 0 Å². The van der Waals surface area contributed by atoms with Gasteiger partial charge in [-0.25, -0.2) is 0 Å². The first-order valence-electron chi connectivity index (χ1n) is 11.8. The molecular formula is C30H30N4O2. The Balaban J connectivity index is 1.51. The van der Waals surface area contributed by atoms with E-state index in [1.165, 1.54) is 0 Å². The summed E-state index contributed by atoms with van der Waals surface area (Å²) in [5.74, 6) is -0.123. The van der Waals surface area contributed by atoms with Crippen molar-refractivity contribution < 1.29 is 4.79 Å². The van der Waals surface area contributed by atoms with Crippen LogP contribution in [0.25, 0.3) is 5.70 Å². The van der Waals surface area contributed by atoms with Crippen LogP contribution in [0.5, 0.6) is 0 Å². The normalized spacial score (nSPS) is 16.8. The second kappa shape index (κ2) is 10.4. The van der Waals surface area contributed by atoms with Crippen molar-refractivity contribution in [3.8, 4) is 0 Å². The third-order valence-corrected chi connectivity index (χ3v) is 6.24. The minimum Gasteiger partial charge on any atom is -0.354 e. The lowest BCUT2D eigenvalue weighted by Crippen LogP contribution is -2.38. The van der Waals surface area contributed by atoms with E-state index < -0.39 is 0 Å². The molecule has 36 heavy (non-hydrogen) atoms. The van der Waals surface area contributed by atoms with Gasteiger partial charge in [0.25, 0.3) is 5.91 Å². The Labute approximate surface area is 211 Å². The summed E-state index contributed by atoms with van der Waals surface area (Å²) in [6.07, 6.45) is 16.5. The van der Waals surface area contributed by atoms with E-state index >= 15 is 0 Å². The van der Waals surface area contributed by atoms with Crippen LogP contribution in [0.1, 0.15) is 35.7 Å². The molecule has 1 amide bonds. The predicted octanol–water partition coefficient (Wildman–Crippen LogP) is 5.64. The van der Waals surface area contributed by atoms with E-state index in [1.54, 1.807) is 36.5 Å². The van der Waals surface area contributed by atoms with Crippen LogP contribution in [-0.2, 0) is 0 Å². The number of nitrogens with zero attached hydrogens (tertiary/aromatic N) is 1. The van der Waals surface area contributed by atoms with Gasteiger partial charge in [-0.15, -0.1) is 0 Å². The number of pyridine rings is 1. The molecule has 0 unspecified atom stereocenters. The number of carbonyl (C=O) groups is 1. The van der Waals surface area contributed by atoms with Gasteiger partial charge in [0.15, 0.2) is 0 Å². The Morgan fingerprint density at radius 1 is 1.14 bits per heavy atom. The average Bonchev–Trinajstić information content (AvgIpc) is 3.65. The number of allylic oxidation sites excluding steroid dienone is 5. The molecule has 0 saturated heterocycles. The van der Waals surface area contributed by atoms with Crippen molar-refractivity contribution in [2.75, 3.05) is 5.32 Å². The van der Waals surface area contributed by atoms with E-state index in [1.807, 2.05) is 60.5 Å². The minimum absolute atomic E-state index is 0.123. The van der Waals surface area contributed by atoms with Crippen molar-refractivity contribution in [1.29, 1.82) is 0 Å². The quantitative estimate of drug-likeness (QED) is 0.408. The summed E-state index contributed by atoms with van der Waals surface area (Å²) in [6.45, 7) is 13.8. The van der Waals surface area contributed by atoms with Gasteiger partial charge in [-0.1, -0.05) is 44.0 Å². The van der Waals surface area contributed by atoms with Crippen LogP contribution in [0.3, 0.4) is 0 Å². The first kappa shape index (κ1) is 24.5. The zero-order chi connectivity index (χ0) is 25.7. The van der Waals surface area contributed by atoms with Crippen LogP contribution < -0.4 is 16.2 Å². The Bertz CT molecular complexity index is 1380. The number of anilines is 1. The Morgan fingerprint density at radius 3 is 2.50 bits per heavy atom. The first-order valence-corrected chi connectivity index (χ1v) is 11.8. The summed E-state index contributed by atoms with van der Waals surface area (Å²) >= 11 is 0. The molecule has 0 spiro atoms. The maximum absolute atomic E-state index is 12.9. The SMILES string of the molecule is C=C/C=C(\C=C)C1(NC(=O)c2ccc(NC3=CC=C(c4cc[nH]c(=O)c4)N(/C=C\C)C3=C)cc2)CC1. The number of hydrogen-bond acceptors (Lipinski definition) is 4. The second-order valence-electron chi connectivity index (χ2n) is 8.67. The van der Waals surface area contributed by atoms with Gasteiger partial charge in [0.2, 0.25) is 5.56 Å². The highest BCUT2D eigenvalue weighted by molar-refractivity contribution is 5.95. The number of benzene rings is 1. The number of carbonyl (C=O) groups excluding carboxylic acids is 1. The highest BCUT2D eigenvalue weighted by atomic mass is 16.2. The molecule has 1 aromatic heterocycles. The summed E-state index contributed by atoms with van der Waals surface area (Å²) < 4.78 is 0. The topological polar surface area (TPSA) is 77.2 Å². The highest BCUT2D eigenvalue weighted by Crippen LogP contribution is 2.43. The lowest BCUT2D eigenvalue weighted by Gasteiger charge is -2.30. The number of hydrogen-bond donors (Lipinski definition) is 3. The predicted molar refractivity (Wildman–Crippen MR) is 147 cm³/mol. The van der Waals surface area contributed by atoms with Crippen molar-refractivity contribution >= 4 is 17.3 Å². The summed E-state index contributed by atoms with van der Waals surface area (Å²) in [4.78, 5) is 29.3. The van der Waals surface area contributed by atoms with Crippen LogP contribution in [0.15, 0.2) is 127 Å². The maximum Gasteiger partial charge on any atom is 0.251 e. The summed E-state index contributed by atoms with van der Waals surface area (Å²) in [6, 6.07) is 10.7. The van der Waals surface area contributed by atoms with Gasteiger partial charge in [0, 0.05) is 35.3 Å². The lowest BCUT2D eigenvalue weighted by atomic mass is 10.0. The number of rotatable bonds is 9. The van der Waals surface area contributed by atoms with Crippen molar-refractivity contribution in [2.24, 2.45) is 0 Å². The van der Waals surface area contributed by atoms with Crippen molar-refractivity contribution in [3.63, 3.8) is 0 Å². The van der Waals surface area contributed by atoms with Crippen LogP contribution in [0.4, 0.5) is 5.69 Å². The van der Waals surface area contributed by atoms with Gasteiger partial charge in [-0.3, -0.25) is 9.59 Å². The van der Waals surface area contributed by atoms with Gasteiger partial charge in [0.05, 0.1) is 22.6 Å². The Kier molecular flexibility index (Phi) is 7.06. The Morgan fingerprint density at radius 2 is 1.89 bits per heavy atom. The molecule has 0 atom stereocenters. The highest BCUT2D eigenvalue weighted by Gasteiger charge is 2.46. The van der Waals surface area contributed by atoms with Gasteiger partial charge in [0.1, 0.15) is 0 Å². The fraction of sp³-hybridized carbons (Fsp3) is 0.133. The molecule has 1 aromatic carbocycles. The molecule has 6 heteroatoms. The number of aromatic amines is 1. The van der Waals surface area contributed by atoms with Gasteiger partial charge >= 0.3 is 0 Å². The van der Waals surface area contributed by atoms with Crippen molar-refractivity contribution in [2.45, 2.75) is 25.3 Å². The molecule has 0 radical (unpaired) electrons. The summed E-state index contributed by atoms with van der Waals surface area (Å²) in [5, 5.41) is 6.53. The van der Waals surface area contributed by atoms with Crippen LogP contribution in [0, 0.1) is 0 Å². The number of aromatic nitrogens is 1. The molecule has 3 N–H and O–H groups in total. The molecule has 6 nitrogen and oxygen atoms in total. The fourth-order valence-corrected chi connectivity index (χ4v) is 4.20. The number of nitrogens with one attached hydrogen (secondary N) is 3. The van der Waals surface area contributed by atoms with Crippen molar-refractivity contribution in [1.82, 2.24) is 15.2 Å². The smallest absolute Gasteiger partial charge is 0.251 e. The largest absolute Gasteiger partial charge is 0.354 e. The summed E-state index contributed by atoms with van der Waals surface area (Å²) in [5.41, 5.74) is 5.05. The van der Waals surface area contributed by atoms with Gasteiger partial charge in [-0.05, 0) is 67.8 Å². The molecule has 2 heterocycles. The number of amides is 1. The second-order valence-corrected chi connectivity index (χ2v) is 8.67. The molecule has 1 fully saturated rings. The van der Waals surface area contributed by atoms with E-state index in [0.29, 0.717) is 5.56 Å². The third-order valence-electron chi connectivity index (χ3n) is 6.24. The van der Waals surface area contributed by atoms with Gasteiger partial charge < -0.3 is 20.5 Å². The van der Waals surface area contributed by atoms with E-state index in [9.17, 15) is 9.59 Å². The van der Waals surface area contributed by atoms with Crippen LogP contribution >= 0.6 is 0 Å². The van der Waals surface area contributed by atoms with Crippen molar-refractivity contribution in [3.05, 3.63) is 143 Å². The third kappa shape index (κ3) is 5.08. The fourth-order valence-electron chi connectivity index (χ4n) is 4.20. The lowest BCUT2D eigenvalue weighted by molar-refractivity contribution is 0.0939. The molecule has 2 aliphatic rings. The zero-order valence-electron chi connectivity index (χ0n) is 20.4. The first-order chi connectivity index (χ1) is 17.4. The number of H-pyrrole nitrogens is 1. The maximum atomic E-state index is 12.9. The van der Waals surface area contributed by atoms with E-state index in [-0.39, 0.29) is 17.0 Å². The molecule has 2 aromatic rings. The van der Waals surface area contributed by atoms with Crippen LogP contribution in [-0.4, -0.2) is 21.3 Å².